The van der Waals surface area contributed by atoms with E-state index in [0.717, 1.165) is 46.2 Å². The number of alkyl halides is 6. The molecule has 0 unspecified atom stereocenters. The Labute approximate surface area is 225 Å². The third kappa shape index (κ3) is 9.67. The van der Waals surface area contributed by atoms with Crippen LogP contribution in [0.25, 0.3) is 0 Å². The first-order valence-electron chi connectivity index (χ1n) is 11.8. The Balaban J connectivity index is 1.93. The molecule has 10 nitrogen and oxygen atoms in total. The van der Waals surface area contributed by atoms with Crippen molar-refractivity contribution in [1.29, 1.82) is 0 Å². The SMILES string of the molecule is NC(=O)N(CCCCCCN(C(N)=O)C(N)=Nc1cccc(C(F)(F)F)c1)C(N)=Nc1cccc(C(F)(F)F)c1. The van der Waals surface area contributed by atoms with Crippen LogP contribution in [-0.4, -0.2) is 46.9 Å². The summed E-state index contributed by atoms with van der Waals surface area (Å²) in [5.74, 6) is -0.768. The van der Waals surface area contributed by atoms with Crippen molar-refractivity contribution in [2.75, 3.05) is 13.1 Å². The van der Waals surface area contributed by atoms with Crippen LogP contribution in [0.15, 0.2) is 58.5 Å². The van der Waals surface area contributed by atoms with Gasteiger partial charge in [0.25, 0.3) is 0 Å². The second-order valence-electron chi connectivity index (χ2n) is 8.43. The molecular weight excluding hydrogens is 546 g/mol. The average molecular weight is 575 g/mol. The molecule has 218 valence electrons. The van der Waals surface area contributed by atoms with E-state index in [1.807, 2.05) is 0 Å². The van der Waals surface area contributed by atoms with Gasteiger partial charge in [0.1, 0.15) is 0 Å². The quantitative estimate of drug-likeness (QED) is 0.148. The maximum atomic E-state index is 12.9. The fourth-order valence-corrected chi connectivity index (χ4v) is 3.46. The zero-order valence-electron chi connectivity index (χ0n) is 21.0. The number of unbranched alkanes of at least 4 members (excludes halogenated alkanes) is 3. The first kappa shape index (κ1) is 31.7. The zero-order chi connectivity index (χ0) is 30.1. The summed E-state index contributed by atoms with van der Waals surface area (Å²) >= 11 is 0. The molecular formula is C24H28F6N8O2. The normalized spacial score (nSPS) is 12.8. The molecule has 2 aromatic rings. The van der Waals surface area contributed by atoms with E-state index >= 15 is 0 Å². The van der Waals surface area contributed by atoms with Gasteiger partial charge in [-0.1, -0.05) is 25.0 Å². The van der Waals surface area contributed by atoms with Crippen molar-refractivity contribution in [2.45, 2.75) is 38.0 Å². The zero-order valence-corrected chi connectivity index (χ0v) is 21.0. The number of primary amides is 2. The van der Waals surface area contributed by atoms with E-state index in [2.05, 4.69) is 9.98 Å². The van der Waals surface area contributed by atoms with Crippen molar-refractivity contribution in [3.63, 3.8) is 0 Å². The molecule has 0 bridgehead atoms. The van der Waals surface area contributed by atoms with E-state index < -0.39 is 35.5 Å². The van der Waals surface area contributed by atoms with Gasteiger partial charge in [-0.2, -0.15) is 26.3 Å². The molecule has 0 aliphatic heterocycles. The molecule has 0 saturated heterocycles. The summed E-state index contributed by atoms with van der Waals surface area (Å²) in [6.45, 7) is 0.0324. The number of urea groups is 2. The molecule has 40 heavy (non-hydrogen) atoms. The number of amides is 4. The monoisotopic (exact) mass is 574 g/mol. The van der Waals surface area contributed by atoms with Crippen molar-refractivity contribution >= 4 is 35.4 Å². The van der Waals surface area contributed by atoms with Crippen LogP contribution in [0, 0.1) is 0 Å². The van der Waals surface area contributed by atoms with E-state index in [9.17, 15) is 35.9 Å². The lowest BCUT2D eigenvalue weighted by Crippen LogP contribution is -2.45. The van der Waals surface area contributed by atoms with Gasteiger partial charge in [-0.05, 0) is 49.2 Å². The molecule has 0 saturated carbocycles. The van der Waals surface area contributed by atoms with Gasteiger partial charge in [-0.15, -0.1) is 0 Å². The molecule has 0 aliphatic carbocycles. The van der Waals surface area contributed by atoms with Crippen molar-refractivity contribution < 1.29 is 35.9 Å². The number of hydrogen-bond acceptors (Lipinski definition) is 4. The van der Waals surface area contributed by atoms with Crippen LogP contribution in [0.4, 0.5) is 47.3 Å². The Bertz CT molecular complexity index is 1150. The third-order valence-electron chi connectivity index (χ3n) is 5.43. The van der Waals surface area contributed by atoms with E-state index in [1.54, 1.807) is 0 Å². The molecule has 0 spiro atoms. The summed E-state index contributed by atoms with van der Waals surface area (Å²) in [5, 5.41) is 0. The largest absolute Gasteiger partial charge is 0.416 e. The summed E-state index contributed by atoms with van der Waals surface area (Å²) < 4.78 is 77.4. The van der Waals surface area contributed by atoms with Crippen molar-refractivity contribution in [2.24, 2.45) is 32.9 Å². The molecule has 16 heteroatoms. The number of benzene rings is 2. The van der Waals surface area contributed by atoms with Crippen LogP contribution in [0.1, 0.15) is 36.8 Å². The summed E-state index contributed by atoms with van der Waals surface area (Å²) in [7, 11) is 0. The molecule has 2 aromatic carbocycles. The highest BCUT2D eigenvalue weighted by atomic mass is 19.4. The van der Waals surface area contributed by atoms with Crippen molar-refractivity contribution in [1.82, 2.24) is 9.80 Å². The first-order chi connectivity index (χ1) is 18.6. The van der Waals surface area contributed by atoms with Gasteiger partial charge in [-0.3, -0.25) is 9.80 Å². The van der Waals surface area contributed by atoms with Gasteiger partial charge < -0.3 is 22.9 Å². The first-order valence-corrected chi connectivity index (χ1v) is 11.8. The predicted octanol–water partition coefficient (Wildman–Crippen LogP) is 4.64. The Morgan fingerprint density at radius 1 is 0.625 bits per heavy atom. The second kappa shape index (κ2) is 13.5. The highest BCUT2D eigenvalue weighted by molar-refractivity contribution is 5.96. The maximum absolute atomic E-state index is 12.9. The maximum Gasteiger partial charge on any atom is 0.416 e. The number of carbonyl (C=O) groups is 2. The van der Waals surface area contributed by atoms with Gasteiger partial charge in [0.05, 0.1) is 22.5 Å². The third-order valence-corrected chi connectivity index (χ3v) is 5.43. The number of halogens is 6. The smallest absolute Gasteiger partial charge is 0.369 e. The Kier molecular flexibility index (Phi) is 10.7. The summed E-state index contributed by atoms with van der Waals surface area (Å²) in [6.07, 6.45) is -7.43. The lowest BCUT2D eigenvalue weighted by Gasteiger charge is -2.20. The molecule has 0 heterocycles. The predicted molar refractivity (Wildman–Crippen MR) is 136 cm³/mol. The molecule has 4 amide bonds. The molecule has 0 aromatic heterocycles. The van der Waals surface area contributed by atoms with E-state index in [-0.39, 0.29) is 36.4 Å². The topological polar surface area (TPSA) is 169 Å². The molecule has 2 rings (SSSR count). The Morgan fingerprint density at radius 2 is 0.975 bits per heavy atom. The van der Waals surface area contributed by atoms with E-state index in [0.29, 0.717) is 25.7 Å². The molecule has 8 N–H and O–H groups in total. The number of hydrogen-bond donors (Lipinski definition) is 4. The van der Waals surface area contributed by atoms with Crippen LogP contribution in [-0.2, 0) is 12.4 Å². The minimum absolute atomic E-state index is 0.0162. The minimum Gasteiger partial charge on any atom is -0.369 e. The fraction of sp³-hybridized carbons (Fsp3) is 0.333. The van der Waals surface area contributed by atoms with E-state index in [1.165, 1.54) is 12.1 Å². The number of carbonyl (C=O) groups excluding carboxylic acids is 2. The van der Waals surface area contributed by atoms with Crippen molar-refractivity contribution in [3.05, 3.63) is 59.7 Å². The average Bonchev–Trinajstić information content (AvgIpc) is 2.84. The Morgan fingerprint density at radius 3 is 1.27 bits per heavy atom. The molecule has 0 radical (unpaired) electrons. The van der Waals surface area contributed by atoms with Gasteiger partial charge >= 0.3 is 24.4 Å². The van der Waals surface area contributed by atoms with Crippen LogP contribution >= 0.6 is 0 Å². The number of aliphatic imine (C=N–C) groups is 2. The van der Waals surface area contributed by atoms with E-state index in [4.69, 9.17) is 22.9 Å². The van der Waals surface area contributed by atoms with Gasteiger partial charge in [-0.25, -0.2) is 19.6 Å². The number of nitrogens with two attached hydrogens (primary N) is 4. The van der Waals surface area contributed by atoms with Gasteiger partial charge in [0, 0.05) is 13.1 Å². The number of rotatable bonds is 9. The highest BCUT2D eigenvalue weighted by Gasteiger charge is 2.31. The Hall–Kier alpha value is -4.50. The summed E-state index contributed by atoms with van der Waals surface area (Å²) in [5.41, 5.74) is 20.2. The molecule has 0 fully saturated rings. The van der Waals surface area contributed by atoms with Crippen LogP contribution < -0.4 is 22.9 Å². The summed E-state index contributed by atoms with van der Waals surface area (Å²) in [6, 6.07) is 6.25. The lowest BCUT2D eigenvalue weighted by atomic mass is 10.2. The second-order valence-corrected chi connectivity index (χ2v) is 8.43. The molecule has 0 aliphatic rings. The van der Waals surface area contributed by atoms with Gasteiger partial charge in [0.15, 0.2) is 0 Å². The number of guanidine groups is 2. The standard InChI is InChI=1S/C24H28F6N8O2/c25-23(26,27)15-7-5-9-17(13-15)35-19(31)37(21(33)39)11-3-1-2-4-12-38(22(34)40)20(32)36-18-10-6-8-16(14-18)24(28,29)30/h5-10,13-14H,1-4,11-12H2,(H2,31,35)(H2,32,36)(H2,33,39)(H2,34,40). The summed E-state index contributed by atoms with van der Waals surface area (Å²) in [4.78, 5) is 33.1. The number of nitrogens with zero attached hydrogens (tertiary/aromatic N) is 4. The minimum atomic E-state index is -4.58. The van der Waals surface area contributed by atoms with Crippen LogP contribution in [0.5, 0.6) is 0 Å². The highest BCUT2D eigenvalue weighted by Crippen LogP contribution is 2.32. The lowest BCUT2D eigenvalue weighted by molar-refractivity contribution is -0.138. The van der Waals surface area contributed by atoms with Crippen LogP contribution in [0.3, 0.4) is 0 Å². The van der Waals surface area contributed by atoms with Gasteiger partial charge in [0.2, 0.25) is 11.9 Å². The fourth-order valence-electron chi connectivity index (χ4n) is 3.46. The van der Waals surface area contributed by atoms with Crippen LogP contribution in [0.2, 0.25) is 0 Å². The molecule has 0 atom stereocenters. The van der Waals surface area contributed by atoms with Crippen molar-refractivity contribution in [3.8, 4) is 0 Å².